The molecule has 4 nitrogen and oxygen atoms in total. The van der Waals surface area contributed by atoms with Gasteiger partial charge in [-0.15, -0.1) is 0 Å². The van der Waals surface area contributed by atoms with E-state index in [1.807, 2.05) is 51.1 Å². The van der Waals surface area contributed by atoms with Crippen LogP contribution in [0.4, 0.5) is 0 Å². The maximum Gasteiger partial charge on any atom is 0.261 e. The highest BCUT2D eigenvalue weighted by Crippen LogP contribution is 2.21. The molecule has 0 atom stereocenters. The molecule has 0 N–H and O–H groups in total. The molecule has 1 aromatic heterocycles. The molecule has 25 heavy (non-hydrogen) atoms. The van der Waals surface area contributed by atoms with Crippen molar-refractivity contribution in [3.05, 3.63) is 69.0 Å². The number of ketones is 1. The van der Waals surface area contributed by atoms with Crippen LogP contribution < -0.4 is 5.56 Å². The van der Waals surface area contributed by atoms with Gasteiger partial charge in [-0.2, -0.15) is 0 Å². The first kappa shape index (κ1) is 17.4. The molecule has 1 heterocycles. The Bertz CT molecular complexity index is 1040. The normalized spacial score (nSPS) is 11.0. The predicted molar refractivity (Wildman–Crippen MR) is 103 cm³/mol. The van der Waals surface area contributed by atoms with Crippen molar-refractivity contribution in [2.45, 2.75) is 25.9 Å². The topological polar surface area (TPSA) is 52.0 Å². The van der Waals surface area contributed by atoms with Crippen molar-refractivity contribution in [1.82, 2.24) is 9.55 Å². The Hall–Kier alpha value is -2.40. The van der Waals surface area contributed by atoms with Gasteiger partial charge in [-0.1, -0.05) is 30.0 Å². The summed E-state index contributed by atoms with van der Waals surface area (Å²) in [6, 6.07) is 11.2. The van der Waals surface area contributed by atoms with Crippen LogP contribution in [0.2, 0.25) is 0 Å². The quantitative estimate of drug-likeness (QED) is 0.407. The number of para-hydroxylation sites is 1. The number of benzene rings is 2. The highest BCUT2D eigenvalue weighted by atomic mass is 32.2. The Morgan fingerprint density at radius 3 is 2.52 bits per heavy atom. The number of Topliss-reactive ketones (excluding diaryl/α,β-unsaturated/α-hetero) is 1. The molecular formula is C20H20N2O2S. The maximum absolute atomic E-state index is 12.6. The first-order valence-corrected chi connectivity index (χ1v) is 9.06. The van der Waals surface area contributed by atoms with Gasteiger partial charge in [0.25, 0.3) is 5.56 Å². The van der Waals surface area contributed by atoms with Crippen molar-refractivity contribution in [2.24, 2.45) is 7.05 Å². The van der Waals surface area contributed by atoms with Crippen LogP contribution in [0.1, 0.15) is 27.0 Å². The zero-order chi connectivity index (χ0) is 18.1. The van der Waals surface area contributed by atoms with E-state index >= 15 is 0 Å². The van der Waals surface area contributed by atoms with Crippen LogP contribution in [-0.2, 0) is 7.05 Å². The first-order chi connectivity index (χ1) is 11.9. The summed E-state index contributed by atoms with van der Waals surface area (Å²) in [7, 11) is 1.69. The van der Waals surface area contributed by atoms with Gasteiger partial charge in [0.2, 0.25) is 0 Å². The lowest BCUT2D eigenvalue weighted by molar-refractivity contribution is 0.102. The fourth-order valence-electron chi connectivity index (χ4n) is 2.80. The Balaban J connectivity index is 1.88. The number of carbonyl (C=O) groups excluding carboxylic acids is 1. The minimum Gasteiger partial charge on any atom is -0.293 e. The molecule has 0 saturated carbocycles. The fourth-order valence-corrected chi connectivity index (χ4v) is 3.65. The number of carbonyl (C=O) groups is 1. The van der Waals surface area contributed by atoms with Gasteiger partial charge in [-0.3, -0.25) is 14.2 Å². The molecule has 3 rings (SSSR count). The third kappa shape index (κ3) is 3.37. The minimum atomic E-state index is -0.0945. The summed E-state index contributed by atoms with van der Waals surface area (Å²) in [6.45, 7) is 6.00. The van der Waals surface area contributed by atoms with Crippen molar-refractivity contribution >= 4 is 28.4 Å². The van der Waals surface area contributed by atoms with E-state index in [9.17, 15) is 9.59 Å². The van der Waals surface area contributed by atoms with E-state index < -0.39 is 0 Å². The lowest BCUT2D eigenvalue weighted by atomic mass is 9.99. The van der Waals surface area contributed by atoms with Gasteiger partial charge in [0, 0.05) is 12.6 Å². The standard InChI is InChI=1S/C20H20N2O2S/c1-12-9-14(3)16(10-13(12)2)18(23)11-25-20-21-17-8-6-5-7-15(17)19(24)22(20)4/h5-10H,11H2,1-4H3. The second-order valence-corrected chi connectivity index (χ2v) is 7.18. The monoisotopic (exact) mass is 352 g/mol. The molecule has 0 aliphatic rings. The molecule has 0 spiro atoms. The van der Waals surface area contributed by atoms with Crippen molar-refractivity contribution in [3.8, 4) is 0 Å². The number of rotatable bonds is 4. The second-order valence-electron chi connectivity index (χ2n) is 6.24. The first-order valence-electron chi connectivity index (χ1n) is 8.08. The van der Waals surface area contributed by atoms with Crippen molar-refractivity contribution in [1.29, 1.82) is 0 Å². The number of aryl methyl sites for hydroxylation is 3. The van der Waals surface area contributed by atoms with Crippen molar-refractivity contribution in [2.75, 3.05) is 5.75 Å². The highest BCUT2D eigenvalue weighted by molar-refractivity contribution is 7.99. The average molecular weight is 352 g/mol. The Kier molecular flexibility index (Phi) is 4.77. The van der Waals surface area contributed by atoms with Gasteiger partial charge < -0.3 is 0 Å². The maximum atomic E-state index is 12.6. The molecule has 2 aromatic carbocycles. The summed E-state index contributed by atoms with van der Waals surface area (Å²) in [6.07, 6.45) is 0. The smallest absolute Gasteiger partial charge is 0.261 e. The largest absolute Gasteiger partial charge is 0.293 e. The lowest BCUT2D eigenvalue weighted by Crippen LogP contribution is -2.20. The zero-order valence-electron chi connectivity index (χ0n) is 14.8. The fraction of sp³-hybridized carbons (Fsp3) is 0.250. The number of nitrogens with zero attached hydrogens (tertiary/aromatic N) is 2. The van der Waals surface area contributed by atoms with Crippen LogP contribution in [0.3, 0.4) is 0 Å². The van der Waals surface area contributed by atoms with Crippen molar-refractivity contribution < 1.29 is 4.79 Å². The van der Waals surface area contributed by atoms with Gasteiger partial charge in [0.05, 0.1) is 16.7 Å². The number of aromatic nitrogens is 2. The highest BCUT2D eigenvalue weighted by Gasteiger charge is 2.14. The van der Waals surface area contributed by atoms with Crippen LogP contribution in [0.5, 0.6) is 0 Å². The van der Waals surface area contributed by atoms with Crippen LogP contribution in [-0.4, -0.2) is 21.1 Å². The Morgan fingerprint density at radius 2 is 1.76 bits per heavy atom. The summed E-state index contributed by atoms with van der Waals surface area (Å²) in [5.41, 5.74) is 4.57. The summed E-state index contributed by atoms with van der Waals surface area (Å²) in [5.74, 6) is 0.301. The number of fused-ring (bicyclic) bond motifs is 1. The van der Waals surface area contributed by atoms with E-state index in [1.54, 1.807) is 13.1 Å². The van der Waals surface area contributed by atoms with Gasteiger partial charge in [-0.05, 0) is 55.7 Å². The average Bonchev–Trinajstić information content (AvgIpc) is 2.59. The number of hydrogen-bond acceptors (Lipinski definition) is 4. The SMILES string of the molecule is Cc1cc(C)c(C(=O)CSc2nc3ccccc3c(=O)n2C)cc1C. The minimum absolute atomic E-state index is 0.0491. The van der Waals surface area contributed by atoms with E-state index in [1.165, 1.54) is 21.9 Å². The molecule has 0 radical (unpaired) electrons. The van der Waals surface area contributed by atoms with Crippen LogP contribution >= 0.6 is 11.8 Å². The predicted octanol–water partition coefficient (Wildman–Crippen LogP) is 3.83. The van der Waals surface area contributed by atoms with Gasteiger partial charge in [0.1, 0.15) is 0 Å². The van der Waals surface area contributed by atoms with E-state index in [2.05, 4.69) is 4.98 Å². The van der Waals surface area contributed by atoms with Gasteiger partial charge in [-0.25, -0.2) is 4.98 Å². The number of thioether (sulfide) groups is 1. The van der Waals surface area contributed by atoms with E-state index in [-0.39, 0.29) is 17.1 Å². The molecule has 0 unspecified atom stereocenters. The van der Waals surface area contributed by atoms with Crippen LogP contribution in [0.15, 0.2) is 46.3 Å². The van der Waals surface area contributed by atoms with Crippen LogP contribution in [0.25, 0.3) is 10.9 Å². The van der Waals surface area contributed by atoms with Gasteiger partial charge >= 0.3 is 0 Å². The molecule has 0 bridgehead atoms. The molecule has 3 aromatic rings. The van der Waals surface area contributed by atoms with Crippen LogP contribution in [0, 0.1) is 20.8 Å². The third-order valence-electron chi connectivity index (χ3n) is 4.42. The number of hydrogen-bond donors (Lipinski definition) is 0. The van der Waals surface area contributed by atoms with Gasteiger partial charge in [0.15, 0.2) is 10.9 Å². The zero-order valence-corrected chi connectivity index (χ0v) is 15.6. The third-order valence-corrected chi connectivity index (χ3v) is 5.45. The van der Waals surface area contributed by atoms with Crippen molar-refractivity contribution in [3.63, 3.8) is 0 Å². The molecule has 0 amide bonds. The molecule has 0 aliphatic carbocycles. The second kappa shape index (κ2) is 6.84. The molecule has 128 valence electrons. The summed E-state index contributed by atoms with van der Waals surface area (Å²) in [5, 5.41) is 1.14. The molecular weight excluding hydrogens is 332 g/mol. The molecule has 0 aliphatic heterocycles. The summed E-state index contributed by atoms with van der Waals surface area (Å²) in [4.78, 5) is 29.6. The van der Waals surface area contributed by atoms with E-state index in [4.69, 9.17) is 0 Å². The Morgan fingerprint density at radius 1 is 1.08 bits per heavy atom. The molecule has 0 fully saturated rings. The molecule has 0 saturated heterocycles. The van der Waals surface area contributed by atoms with E-state index in [0.717, 1.165) is 16.7 Å². The molecule has 5 heteroatoms. The lowest BCUT2D eigenvalue weighted by Gasteiger charge is -2.10. The van der Waals surface area contributed by atoms with E-state index in [0.29, 0.717) is 16.1 Å². The Labute approximate surface area is 150 Å². The summed E-state index contributed by atoms with van der Waals surface area (Å²) < 4.78 is 1.51. The summed E-state index contributed by atoms with van der Waals surface area (Å²) >= 11 is 1.30.